The van der Waals surface area contributed by atoms with E-state index >= 15 is 0 Å². The van der Waals surface area contributed by atoms with Crippen LogP contribution in [0.1, 0.15) is 80.6 Å². The van der Waals surface area contributed by atoms with Crippen molar-refractivity contribution in [3.05, 3.63) is 0 Å². The minimum absolute atomic E-state index is 0.0657. The Morgan fingerprint density at radius 2 is 1.64 bits per heavy atom. The molecule has 1 saturated carbocycles. The summed E-state index contributed by atoms with van der Waals surface area (Å²) in [6.07, 6.45) is 5.39. The minimum atomic E-state index is -0.496. The molecule has 0 radical (unpaired) electrons. The molecule has 3 fully saturated rings. The molecule has 3 aliphatic rings. The van der Waals surface area contributed by atoms with Crippen LogP contribution in [0.4, 0.5) is 4.79 Å². The summed E-state index contributed by atoms with van der Waals surface area (Å²) in [5.41, 5.74) is -1.26. The van der Waals surface area contributed by atoms with Crippen molar-refractivity contribution < 1.29 is 18.8 Å². The van der Waals surface area contributed by atoms with Crippen LogP contribution in [0.2, 0.25) is 0 Å². The zero-order chi connectivity index (χ0) is 18.6. The van der Waals surface area contributed by atoms with Gasteiger partial charge in [0.15, 0.2) is 0 Å². The van der Waals surface area contributed by atoms with Gasteiger partial charge >= 0.3 is 13.2 Å². The fourth-order valence-corrected chi connectivity index (χ4v) is 4.37. The van der Waals surface area contributed by atoms with Gasteiger partial charge in [0.2, 0.25) is 0 Å². The van der Waals surface area contributed by atoms with E-state index in [0.29, 0.717) is 5.92 Å². The molecule has 3 atom stereocenters. The lowest BCUT2D eigenvalue weighted by Gasteiger charge is -2.35. The lowest BCUT2D eigenvalue weighted by molar-refractivity contribution is 0.00578. The monoisotopic (exact) mass is 351 g/mol. The van der Waals surface area contributed by atoms with Crippen molar-refractivity contribution in [3.63, 3.8) is 0 Å². The van der Waals surface area contributed by atoms with Gasteiger partial charge in [-0.1, -0.05) is 12.8 Å². The molecule has 6 heteroatoms. The van der Waals surface area contributed by atoms with Gasteiger partial charge in [-0.05, 0) is 73.6 Å². The van der Waals surface area contributed by atoms with Gasteiger partial charge in [0.25, 0.3) is 0 Å². The summed E-state index contributed by atoms with van der Waals surface area (Å²) < 4.78 is 18.3. The molecule has 0 N–H and O–H groups in total. The zero-order valence-electron chi connectivity index (χ0n) is 16.9. The highest BCUT2D eigenvalue weighted by atomic mass is 16.7. The Bertz CT molecular complexity index is 512. The van der Waals surface area contributed by atoms with Gasteiger partial charge in [-0.25, -0.2) is 4.79 Å². The smallest absolute Gasteiger partial charge is 0.444 e. The van der Waals surface area contributed by atoms with Gasteiger partial charge in [0, 0.05) is 6.04 Å². The third kappa shape index (κ3) is 3.57. The second-order valence-electron chi connectivity index (χ2n) is 9.93. The van der Waals surface area contributed by atoms with Crippen LogP contribution < -0.4 is 0 Å². The molecule has 2 saturated heterocycles. The molecule has 0 aromatic heterocycles. The Morgan fingerprint density at radius 3 is 2.20 bits per heavy atom. The predicted molar refractivity (Wildman–Crippen MR) is 98.3 cm³/mol. The highest BCUT2D eigenvalue weighted by Crippen LogP contribution is 2.45. The van der Waals surface area contributed by atoms with E-state index in [9.17, 15) is 4.79 Å². The summed E-state index contributed by atoms with van der Waals surface area (Å²) >= 11 is 0. The van der Waals surface area contributed by atoms with E-state index in [1.54, 1.807) is 0 Å². The second-order valence-corrected chi connectivity index (χ2v) is 9.93. The molecule has 2 aliphatic heterocycles. The molecule has 25 heavy (non-hydrogen) atoms. The number of carbonyl (C=O) groups excluding carboxylic acids is 1. The van der Waals surface area contributed by atoms with Crippen molar-refractivity contribution in [1.29, 1.82) is 0 Å². The van der Waals surface area contributed by atoms with Crippen molar-refractivity contribution in [2.75, 3.05) is 0 Å². The summed E-state index contributed by atoms with van der Waals surface area (Å²) in [4.78, 5) is 15.0. The van der Waals surface area contributed by atoms with E-state index in [1.807, 2.05) is 25.7 Å². The summed E-state index contributed by atoms with van der Waals surface area (Å²) in [6.45, 7) is 14.0. The van der Waals surface area contributed by atoms with Crippen LogP contribution in [0.25, 0.3) is 0 Å². The molecule has 0 aromatic rings. The lowest BCUT2D eigenvalue weighted by atomic mass is 9.74. The van der Waals surface area contributed by atoms with Crippen LogP contribution in [0, 0.1) is 5.92 Å². The van der Waals surface area contributed by atoms with Crippen LogP contribution in [-0.4, -0.2) is 46.9 Å². The summed E-state index contributed by atoms with van der Waals surface area (Å²) in [5, 5.41) is 0. The molecule has 142 valence electrons. The summed E-state index contributed by atoms with van der Waals surface area (Å²) in [7, 11) is -0.386. The number of hydrogen-bond donors (Lipinski definition) is 0. The molecule has 3 rings (SSSR count). The van der Waals surface area contributed by atoms with Crippen molar-refractivity contribution in [3.8, 4) is 0 Å². The molecule has 0 spiro atoms. The normalized spacial score (nSPS) is 34.1. The molecular formula is C19H34BNO4. The molecular weight excluding hydrogens is 317 g/mol. The first-order chi connectivity index (χ1) is 11.4. The average Bonchev–Trinajstić information content (AvgIpc) is 2.92. The van der Waals surface area contributed by atoms with Crippen LogP contribution in [-0.2, 0) is 14.0 Å². The Balaban J connectivity index is 1.84. The molecule has 0 unspecified atom stereocenters. The van der Waals surface area contributed by atoms with Gasteiger partial charge in [-0.2, -0.15) is 0 Å². The van der Waals surface area contributed by atoms with Crippen LogP contribution in [0.3, 0.4) is 0 Å². The number of hydrogen-bond acceptors (Lipinski definition) is 4. The second kappa shape index (κ2) is 6.16. The fourth-order valence-electron chi connectivity index (χ4n) is 4.37. The van der Waals surface area contributed by atoms with E-state index in [2.05, 4.69) is 27.7 Å². The Morgan fingerprint density at radius 1 is 1.08 bits per heavy atom. The molecule has 1 amide bonds. The summed E-state index contributed by atoms with van der Waals surface area (Å²) in [6, 6.07) is 0.257. The van der Waals surface area contributed by atoms with Gasteiger partial charge in [-0.3, -0.25) is 0 Å². The highest BCUT2D eigenvalue weighted by Gasteiger charge is 2.59. The standard InChI is InChI=1S/C19H34BNO4/c1-17(2,3)23-16(22)21-14-11-9-8-10-13(14)12-15(21)20-24-18(4,5)19(6,7)25-20/h13-15H,8-12H2,1-7H3/t13-,14-,15-/m0/s1. The van der Waals surface area contributed by atoms with Crippen LogP contribution >= 0.6 is 0 Å². The van der Waals surface area contributed by atoms with Gasteiger partial charge in [0.05, 0.1) is 17.1 Å². The van der Waals surface area contributed by atoms with Gasteiger partial charge in [0.1, 0.15) is 5.60 Å². The quantitative estimate of drug-likeness (QED) is 0.665. The third-order valence-electron chi connectivity index (χ3n) is 6.32. The van der Waals surface area contributed by atoms with Gasteiger partial charge < -0.3 is 18.9 Å². The fraction of sp³-hybridized carbons (Fsp3) is 0.947. The number of carbonyl (C=O) groups is 1. The van der Waals surface area contributed by atoms with E-state index < -0.39 is 5.60 Å². The van der Waals surface area contributed by atoms with Crippen LogP contribution in [0.5, 0.6) is 0 Å². The maximum Gasteiger partial charge on any atom is 0.482 e. The van der Waals surface area contributed by atoms with Crippen molar-refractivity contribution in [2.24, 2.45) is 5.92 Å². The third-order valence-corrected chi connectivity index (χ3v) is 6.32. The molecule has 1 aliphatic carbocycles. The SMILES string of the molecule is CC(C)(C)OC(=O)N1[C@H](B2OC(C)(C)C(C)(C)O2)C[C@@H]2CCCC[C@@H]21. The topological polar surface area (TPSA) is 48.0 Å². The Kier molecular flexibility index (Phi) is 4.69. The Hall–Kier alpha value is -0.745. The largest absolute Gasteiger partial charge is 0.482 e. The Labute approximate surface area is 152 Å². The number of nitrogens with zero attached hydrogens (tertiary/aromatic N) is 1. The maximum atomic E-state index is 13.0. The first-order valence-electron chi connectivity index (χ1n) is 9.78. The summed E-state index contributed by atoms with van der Waals surface area (Å²) in [5.74, 6) is 0.467. The zero-order valence-corrected chi connectivity index (χ0v) is 16.9. The first kappa shape index (κ1) is 19.0. The van der Waals surface area contributed by atoms with Crippen molar-refractivity contribution in [1.82, 2.24) is 4.90 Å². The highest BCUT2D eigenvalue weighted by molar-refractivity contribution is 6.48. The van der Waals surface area contributed by atoms with Gasteiger partial charge in [-0.15, -0.1) is 0 Å². The minimum Gasteiger partial charge on any atom is -0.444 e. The number of amides is 1. The maximum absolute atomic E-state index is 13.0. The van der Waals surface area contributed by atoms with Crippen molar-refractivity contribution in [2.45, 2.75) is 109 Å². The average molecular weight is 351 g/mol. The van der Waals surface area contributed by atoms with E-state index in [4.69, 9.17) is 14.0 Å². The van der Waals surface area contributed by atoms with E-state index in [-0.39, 0.29) is 36.4 Å². The number of fused-ring (bicyclic) bond motifs is 1. The molecule has 0 bridgehead atoms. The number of ether oxygens (including phenoxy) is 1. The molecule has 0 aromatic carbocycles. The van der Waals surface area contributed by atoms with E-state index in [1.165, 1.54) is 19.3 Å². The van der Waals surface area contributed by atoms with Crippen LogP contribution in [0.15, 0.2) is 0 Å². The number of rotatable bonds is 1. The van der Waals surface area contributed by atoms with Crippen molar-refractivity contribution >= 4 is 13.2 Å². The van der Waals surface area contributed by atoms with E-state index in [0.717, 1.165) is 12.8 Å². The number of likely N-dealkylation sites (tertiary alicyclic amines) is 1. The molecule has 2 heterocycles. The lowest BCUT2D eigenvalue weighted by Crippen LogP contribution is -2.52. The predicted octanol–water partition coefficient (Wildman–Crippen LogP) is 4.19. The molecule has 5 nitrogen and oxygen atoms in total. The first-order valence-corrected chi connectivity index (χ1v) is 9.78.